The Morgan fingerprint density at radius 3 is 2.68 bits per heavy atom. The van der Waals surface area contributed by atoms with E-state index in [1.165, 1.54) is 11.8 Å². The number of likely N-dealkylation sites (tertiary alicyclic amines) is 1. The van der Waals surface area contributed by atoms with Crippen molar-refractivity contribution in [2.45, 2.75) is 24.3 Å². The second kappa shape index (κ2) is 8.56. The van der Waals surface area contributed by atoms with Crippen molar-refractivity contribution in [3.8, 4) is 11.5 Å². The lowest BCUT2D eigenvalue weighted by Gasteiger charge is -2.15. The summed E-state index contributed by atoms with van der Waals surface area (Å²) in [5, 5.41) is 2.95. The van der Waals surface area contributed by atoms with E-state index in [0.29, 0.717) is 23.6 Å². The van der Waals surface area contributed by atoms with Gasteiger partial charge in [-0.2, -0.15) is 0 Å². The van der Waals surface area contributed by atoms with E-state index >= 15 is 0 Å². The summed E-state index contributed by atoms with van der Waals surface area (Å²) in [5.74, 6) is 1.75. The van der Waals surface area contributed by atoms with Gasteiger partial charge in [0.15, 0.2) is 11.5 Å². The normalized spacial score (nSPS) is 14.9. The molecule has 0 aromatic heterocycles. The molecule has 4 rings (SSSR count). The van der Waals surface area contributed by atoms with Crippen LogP contribution in [0.5, 0.6) is 11.5 Å². The van der Waals surface area contributed by atoms with Gasteiger partial charge in [0, 0.05) is 24.5 Å². The highest BCUT2D eigenvalue weighted by atomic mass is 32.2. The van der Waals surface area contributed by atoms with Gasteiger partial charge >= 0.3 is 0 Å². The van der Waals surface area contributed by atoms with Crippen molar-refractivity contribution in [2.24, 2.45) is 0 Å². The summed E-state index contributed by atoms with van der Waals surface area (Å²) in [4.78, 5) is 27.7. The minimum absolute atomic E-state index is 0.137. The van der Waals surface area contributed by atoms with Crippen LogP contribution in [0, 0.1) is 0 Å². The molecule has 0 aliphatic carbocycles. The highest BCUT2D eigenvalue weighted by Crippen LogP contribution is 2.32. The van der Waals surface area contributed by atoms with Crippen LogP contribution in [-0.2, 0) is 11.3 Å². The van der Waals surface area contributed by atoms with Crippen molar-refractivity contribution < 1.29 is 19.1 Å². The summed E-state index contributed by atoms with van der Waals surface area (Å²) in [6.07, 6.45) is 2.16. The number of nitrogens with one attached hydrogen (secondary N) is 1. The van der Waals surface area contributed by atoms with Crippen LogP contribution in [0.3, 0.4) is 0 Å². The third kappa shape index (κ3) is 4.25. The van der Waals surface area contributed by atoms with Crippen molar-refractivity contribution >= 4 is 23.6 Å². The molecule has 2 aromatic rings. The molecule has 0 atom stereocenters. The van der Waals surface area contributed by atoms with Crippen molar-refractivity contribution in [1.29, 1.82) is 0 Å². The number of amides is 2. The van der Waals surface area contributed by atoms with E-state index in [1.54, 1.807) is 6.07 Å². The Hall–Kier alpha value is -2.67. The molecule has 1 fully saturated rings. The van der Waals surface area contributed by atoms with Gasteiger partial charge in [-0.15, -0.1) is 11.8 Å². The van der Waals surface area contributed by atoms with Crippen molar-refractivity contribution in [1.82, 2.24) is 10.2 Å². The Bertz CT molecular complexity index is 880. The Morgan fingerprint density at radius 2 is 1.82 bits per heavy atom. The van der Waals surface area contributed by atoms with Gasteiger partial charge in [-0.05, 0) is 42.7 Å². The molecule has 1 N–H and O–H groups in total. The number of benzene rings is 2. The van der Waals surface area contributed by atoms with E-state index in [-0.39, 0.29) is 18.6 Å². The molecule has 0 radical (unpaired) electrons. The number of carbonyl (C=O) groups excluding carboxylic acids is 2. The second-order valence-corrected chi connectivity index (χ2v) is 7.76. The van der Waals surface area contributed by atoms with Crippen LogP contribution in [-0.4, -0.2) is 42.3 Å². The molecule has 1 saturated heterocycles. The molecular weight excluding hydrogens is 376 g/mol. The van der Waals surface area contributed by atoms with Gasteiger partial charge in [0.1, 0.15) is 0 Å². The number of fused-ring (bicyclic) bond motifs is 1. The maximum atomic E-state index is 12.7. The molecule has 2 aliphatic rings. The molecule has 2 heterocycles. The summed E-state index contributed by atoms with van der Waals surface area (Å²) < 4.78 is 10.7. The van der Waals surface area contributed by atoms with Crippen LogP contribution in [0.15, 0.2) is 47.4 Å². The number of thioether (sulfide) groups is 1. The summed E-state index contributed by atoms with van der Waals surface area (Å²) in [6.45, 7) is 2.31. The highest BCUT2D eigenvalue weighted by Gasteiger charge is 2.19. The quantitative estimate of drug-likeness (QED) is 0.758. The van der Waals surface area contributed by atoms with Crippen LogP contribution in [0.2, 0.25) is 0 Å². The van der Waals surface area contributed by atoms with Crippen molar-refractivity contribution in [3.63, 3.8) is 0 Å². The first-order valence-corrected chi connectivity index (χ1v) is 10.4. The van der Waals surface area contributed by atoms with Crippen molar-refractivity contribution in [3.05, 3.63) is 53.6 Å². The maximum Gasteiger partial charge on any atom is 0.252 e. The van der Waals surface area contributed by atoms with E-state index in [0.717, 1.165) is 42.1 Å². The summed E-state index contributed by atoms with van der Waals surface area (Å²) in [6, 6.07) is 13.0. The Morgan fingerprint density at radius 1 is 1.04 bits per heavy atom. The number of hydrogen-bond acceptors (Lipinski definition) is 5. The van der Waals surface area contributed by atoms with E-state index in [9.17, 15) is 9.59 Å². The van der Waals surface area contributed by atoms with Crippen LogP contribution in [0.4, 0.5) is 0 Å². The van der Waals surface area contributed by atoms with E-state index in [4.69, 9.17) is 9.47 Å². The zero-order valence-electron chi connectivity index (χ0n) is 15.5. The maximum absolute atomic E-state index is 12.7. The average molecular weight is 398 g/mol. The number of hydrogen-bond donors (Lipinski definition) is 1. The van der Waals surface area contributed by atoms with Gasteiger partial charge in [0.2, 0.25) is 12.7 Å². The molecule has 0 saturated carbocycles. The minimum atomic E-state index is -0.158. The number of ether oxygens (including phenoxy) is 2. The third-order valence-corrected chi connectivity index (χ3v) is 5.89. The molecule has 6 nitrogen and oxygen atoms in total. The first-order chi connectivity index (χ1) is 13.7. The number of rotatable bonds is 6. The van der Waals surface area contributed by atoms with Gasteiger partial charge in [0.25, 0.3) is 5.91 Å². The van der Waals surface area contributed by atoms with E-state index in [2.05, 4.69) is 5.32 Å². The molecule has 2 amide bonds. The van der Waals surface area contributed by atoms with Gasteiger partial charge in [-0.25, -0.2) is 0 Å². The van der Waals surface area contributed by atoms with Gasteiger partial charge in [-0.3, -0.25) is 9.59 Å². The van der Waals surface area contributed by atoms with Crippen LogP contribution in [0.1, 0.15) is 28.8 Å². The fourth-order valence-electron chi connectivity index (χ4n) is 3.31. The topological polar surface area (TPSA) is 67.9 Å². The highest BCUT2D eigenvalue weighted by molar-refractivity contribution is 8.00. The third-order valence-electron chi connectivity index (χ3n) is 4.83. The summed E-state index contributed by atoms with van der Waals surface area (Å²) in [5.41, 5.74) is 1.52. The standard InChI is InChI=1S/C21H22N2O4S/c24-20(23-9-3-4-10-23)13-28-19-6-2-1-5-16(19)21(25)22-12-15-7-8-17-18(11-15)27-14-26-17/h1-2,5-8,11H,3-4,9-10,12-14H2,(H,22,25). The zero-order chi connectivity index (χ0) is 19.3. The molecule has 146 valence electrons. The van der Waals surface area contributed by atoms with Crippen LogP contribution in [0.25, 0.3) is 0 Å². The lowest BCUT2D eigenvalue weighted by molar-refractivity contribution is -0.127. The smallest absolute Gasteiger partial charge is 0.252 e. The fourth-order valence-corrected chi connectivity index (χ4v) is 4.26. The van der Waals surface area contributed by atoms with Crippen LogP contribution < -0.4 is 14.8 Å². The largest absolute Gasteiger partial charge is 0.454 e. The molecule has 7 heteroatoms. The predicted molar refractivity (Wildman–Crippen MR) is 107 cm³/mol. The van der Waals surface area contributed by atoms with Gasteiger partial charge in [0.05, 0.1) is 11.3 Å². The first kappa shape index (κ1) is 18.7. The predicted octanol–water partition coefficient (Wildman–Crippen LogP) is 3.06. The minimum Gasteiger partial charge on any atom is -0.454 e. The molecule has 0 unspecified atom stereocenters. The Kier molecular flexibility index (Phi) is 5.71. The molecule has 2 aromatic carbocycles. The SMILES string of the molecule is O=C(NCc1ccc2c(c1)OCO2)c1ccccc1SCC(=O)N1CCCC1. The van der Waals surface area contributed by atoms with Crippen molar-refractivity contribution in [2.75, 3.05) is 25.6 Å². The molecule has 0 spiro atoms. The summed E-state index contributed by atoms with van der Waals surface area (Å²) in [7, 11) is 0. The monoisotopic (exact) mass is 398 g/mol. The summed E-state index contributed by atoms with van der Waals surface area (Å²) >= 11 is 1.42. The number of carbonyl (C=O) groups is 2. The number of nitrogens with zero attached hydrogens (tertiary/aromatic N) is 1. The van der Waals surface area contributed by atoms with Gasteiger partial charge in [-0.1, -0.05) is 18.2 Å². The average Bonchev–Trinajstić information content (AvgIpc) is 3.42. The molecule has 2 aliphatic heterocycles. The van der Waals surface area contributed by atoms with E-state index in [1.807, 2.05) is 41.3 Å². The lowest BCUT2D eigenvalue weighted by Crippen LogP contribution is -2.29. The zero-order valence-corrected chi connectivity index (χ0v) is 16.3. The molecular formula is C21H22N2O4S. The fraction of sp³-hybridized carbons (Fsp3) is 0.333. The van der Waals surface area contributed by atoms with Crippen LogP contribution >= 0.6 is 11.8 Å². The Labute approximate surface area is 168 Å². The van der Waals surface area contributed by atoms with E-state index < -0.39 is 0 Å². The first-order valence-electron chi connectivity index (χ1n) is 9.37. The lowest BCUT2D eigenvalue weighted by atomic mass is 10.1. The molecule has 0 bridgehead atoms. The molecule has 28 heavy (non-hydrogen) atoms. The Balaban J connectivity index is 1.36. The van der Waals surface area contributed by atoms with Gasteiger partial charge < -0.3 is 19.7 Å². The second-order valence-electron chi connectivity index (χ2n) is 6.74.